The fraction of sp³-hybridized carbons (Fsp3) is 0.643. The first-order valence-electron chi connectivity index (χ1n) is 12.3. The molecule has 1 aromatic rings. The molecule has 0 bridgehead atoms. The van der Waals surface area contributed by atoms with Gasteiger partial charge in [0, 0.05) is 24.1 Å². The van der Waals surface area contributed by atoms with E-state index in [1.54, 1.807) is 12.1 Å². The summed E-state index contributed by atoms with van der Waals surface area (Å²) >= 11 is 0. The third-order valence-electron chi connectivity index (χ3n) is 6.36. The van der Waals surface area contributed by atoms with E-state index < -0.39 is 11.5 Å². The van der Waals surface area contributed by atoms with Gasteiger partial charge in [0.25, 0.3) is 5.92 Å². The van der Waals surface area contributed by atoms with Gasteiger partial charge >= 0.3 is 0 Å². The van der Waals surface area contributed by atoms with Crippen molar-refractivity contribution in [2.45, 2.75) is 98.1 Å². The van der Waals surface area contributed by atoms with Gasteiger partial charge in [0.1, 0.15) is 0 Å². The summed E-state index contributed by atoms with van der Waals surface area (Å²) in [6.45, 7) is 19.8. The largest absolute Gasteiger partial charge is 0.322 e. The van der Waals surface area contributed by atoms with E-state index in [0.29, 0.717) is 5.92 Å². The molecule has 0 amide bonds. The van der Waals surface area contributed by atoms with E-state index in [-0.39, 0.29) is 11.6 Å². The molecule has 1 fully saturated rings. The number of likely N-dealkylation sites (tertiary alicyclic amines) is 1. The Bertz CT molecular complexity index is 717. The number of hydrogen-bond donors (Lipinski definition) is 1. The Kier molecular flexibility index (Phi) is 11.3. The number of nitrogens with two attached hydrogens (primary N) is 1. The van der Waals surface area contributed by atoms with Crippen LogP contribution >= 0.6 is 0 Å². The van der Waals surface area contributed by atoms with Crippen molar-refractivity contribution in [1.82, 2.24) is 4.90 Å². The number of halogens is 2. The van der Waals surface area contributed by atoms with Crippen LogP contribution in [0.3, 0.4) is 0 Å². The van der Waals surface area contributed by atoms with Crippen LogP contribution in [0.4, 0.5) is 8.78 Å². The zero-order chi connectivity index (χ0) is 24.5. The molecule has 32 heavy (non-hydrogen) atoms. The van der Waals surface area contributed by atoms with Crippen molar-refractivity contribution < 1.29 is 8.78 Å². The molecular weight excluding hydrogens is 402 g/mol. The minimum Gasteiger partial charge on any atom is -0.322 e. The van der Waals surface area contributed by atoms with Crippen LogP contribution < -0.4 is 5.73 Å². The predicted molar refractivity (Wildman–Crippen MR) is 135 cm³/mol. The highest BCUT2D eigenvalue weighted by Gasteiger charge is 2.32. The third kappa shape index (κ3) is 8.44. The van der Waals surface area contributed by atoms with E-state index in [1.165, 1.54) is 23.3 Å². The summed E-state index contributed by atoms with van der Waals surface area (Å²) in [5, 5.41) is 0. The number of rotatable bonds is 9. The summed E-state index contributed by atoms with van der Waals surface area (Å²) in [4.78, 5) is 2.53. The molecule has 0 spiro atoms. The highest BCUT2D eigenvalue weighted by Crippen LogP contribution is 2.33. The topological polar surface area (TPSA) is 29.3 Å². The van der Waals surface area contributed by atoms with Crippen molar-refractivity contribution >= 4 is 0 Å². The van der Waals surface area contributed by atoms with E-state index >= 15 is 0 Å². The predicted octanol–water partition coefficient (Wildman–Crippen LogP) is 7.79. The first kappa shape index (κ1) is 28.5. The molecule has 1 aromatic carbocycles. The summed E-state index contributed by atoms with van der Waals surface area (Å²) in [5.41, 5.74) is 9.73. The highest BCUT2D eigenvalue weighted by atomic mass is 19.3. The lowest BCUT2D eigenvalue weighted by molar-refractivity contribution is 0.0174. The second-order valence-electron chi connectivity index (χ2n) is 9.62. The molecule has 1 saturated heterocycles. The molecule has 2 rings (SSSR count). The first-order valence-corrected chi connectivity index (χ1v) is 12.3. The number of nitrogens with zero attached hydrogens (tertiary/aromatic N) is 1. The maximum absolute atomic E-state index is 13.6. The second-order valence-corrected chi connectivity index (χ2v) is 9.62. The van der Waals surface area contributed by atoms with E-state index in [1.807, 2.05) is 20.8 Å². The minimum atomic E-state index is -2.83. The van der Waals surface area contributed by atoms with Crippen molar-refractivity contribution in [3.8, 4) is 0 Å². The minimum absolute atomic E-state index is 0.0253. The van der Waals surface area contributed by atoms with Crippen LogP contribution in [-0.4, -0.2) is 24.0 Å². The zero-order valence-corrected chi connectivity index (χ0v) is 21.5. The van der Waals surface area contributed by atoms with Crippen molar-refractivity contribution in [2.24, 2.45) is 11.7 Å². The number of alkyl halides is 2. The summed E-state index contributed by atoms with van der Waals surface area (Å²) < 4.78 is 27.1. The van der Waals surface area contributed by atoms with Crippen molar-refractivity contribution in [2.75, 3.05) is 13.1 Å². The van der Waals surface area contributed by atoms with Gasteiger partial charge in [-0.15, -0.1) is 0 Å². The molecule has 0 saturated carbocycles. The van der Waals surface area contributed by atoms with Crippen LogP contribution in [0.25, 0.3) is 0 Å². The Balaban J connectivity index is 0.00000249. The molecule has 2 N–H and O–H groups in total. The van der Waals surface area contributed by atoms with Gasteiger partial charge < -0.3 is 5.73 Å². The Hall–Kier alpha value is -1.52. The van der Waals surface area contributed by atoms with Crippen molar-refractivity contribution in [3.05, 3.63) is 59.2 Å². The maximum Gasteiger partial charge on any atom is 0.270 e. The van der Waals surface area contributed by atoms with Gasteiger partial charge in [-0.05, 0) is 71.0 Å². The van der Waals surface area contributed by atoms with Gasteiger partial charge in [-0.2, -0.15) is 0 Å². The van der Waals surface area contributed by atoms with Gasteiger partial charge in [-0.3, -0.25) is 4.90 Å². The fourth-order valence-electron chi connectivity index (χ4n) is 4.54. The fourth-order valence-corrected chi connectivity index (χ4v) is 4.54. The van der Waals surface area contributed by atoms with Crippen LogP contribution in [-0.2, 0) is 11.5 Å². The van der Waals surface area contributed by atoms with Gasteiger partial charge in [-0.25, -0.2) is 8.78 Å². The quantitative estimate of drug-likeness (QED) is 0.391. The van der Waals surface area contributed by atoms with E-state index in [0.717, 1.165) is 57.7 Å². The van der Waals surface area contributed by atoms with Crippen molar-refractivity contribution in [1.29, 1.82) is 0 Å². The van der Waals surface area contributed by atoms with Gasteiger partial charge in [-0.1, -0.05) is 75.3 Å². The normalized spacial score (nSPS) is 18.2. The van der Waals surface area contributed by atoms with Gasteiger partial charge in [0.05, 0.1) is 0 Å². The molecule has 2 atom stereocenters. The summed E-state index contributed by atoms with van der Waals surface area (Å²) in [6, 6.07) is 6.75. The monoisotopic (exact) mass is 448 g/mol. The molecule has 1 heterocycles. The molecule has 1 aliphatic heterocycles. The number of benzene rings is 1. The van der Waals surface area contributed by atoms with E-state index in [4.69, 9.17) is 5.73 Å². The highest BCUT2D eigenvalue weighted by molar-refractivity contribution is 5.30. The molecule has 182 valence electrons. The molecule has 2 unspecified atom stereocenters. The average Bonchev–Trinajstić information content (AvgIpc) is 2.74. The Morgan fingerprint density at radius 2 is 1.62 bits per heavy atom. The Morgan fingerprint density at radius 1 is 1.12 bits per heavy atom. The average molecular weight is 449 g/mol. The molecule has 0 aromatic heterocycles. The number of allylic oxidation sites excluding steroid dienone is 2. The van der Waals surface area contributed by atoms with Crippen LogP contribution in [0.15, 0.2) is 48.1 Å². The Morgan fingerprint density at radius 3 is 2.06 bits per heavy atom. The lowest BCUT2D eigenvalue weighted by Gasteiger charge is -2.40. The van der Waals surface area contributed by atoms with Crippen molar-refractivity contribution in [3.63, 3.8) is 0 Å². The Labute approximate surface area is 196 Å². The molecule has 4 heteroatoms. The molecule has 0 radical (unpaired) electrons. The molecular formula is C28H46F2N2. The van der Waals surface area contributed by atoms with Crippen LogP contribution in [0, 0.1) is 5.92 Å². The van der Waals surface area contributed by atoms with Crippen LogP contribution in [0.2, 0.25) is 0 Å². The third-order valence-corrected chi connectivity index (χ3v) is 6.36. The van der Waals surface area contributed by atoms with Gasteiger partial charge in [0.15, 0.2) is 0 Å². The summed E-state index contributed by atoms with van der Waals surface area (Å²) in [7, 11) is 0. The van der Waals surface area contributed by atoms with E-state index in [9.17, 15) is 8.78 Å². The zero-order valence-electron chi connectivity index (χ0n) is 21.5. The number of piperidine rings is 1. The smallest absolute Gasteiger partial charge is 0.270 e. The summed E-state index contributed by atoms with van der Waals surface area (Å²) in [5.74, 6) is -2.21. The van der Waals surface area contributed by atoms with Gasteiger partial charge in [0.2, 0.25) is 0 Å². The summed E-state index contributed by atoms with van der Waals surface area (Å²) in [6.07, 6.45) is 7.63. The molecule has 2 nitrogen and oxygen atoms in total. The number of hydrogen-bond acceptors (Lipinski definition) is 2. The standard InChI is InChI=1S/C26H40F2N2.C2H6/c1-7-8-20(4)21-13-15-30(16-14-21)24(17-19(2)3)18-25(5,29)22-9-11-23(12-10-22)26(6,27)28;1-2/h9-12,17,21,24H,4,7-8,13-16,18,29H2,1-3,5-6H3;1-2H3. The van der Waals surface area contributed by atoms with Crippen LogP contribution in [0.5, 0.6) is 0 Å². The molecule has 1 aliphatic rings. The first-order chi connectivity index (χ1) is 14.9. The van der Waals surface area contributed by atoms with E-state index in [2.05, 4.69) is 38.3 Å². The second kappa shape index (κ2) is 12.6. The lowest BCUT2D eigenvalue weighted by atomic mass is 9.83. The maximum atomic E-state index is 13.6. The molecule has 0 aliphatic carbocycles. The lowest BCUT2D eigenvalue weighted by Crippen LogP contribution is -2.46. The SMILES string of the molecule is C=C(CCC)C1CCN(C(C=C(C)C)CC(C)(N)c2ccc(C(C)(F)F)cc2)CC1.CC. The van der Waals surface area contributed by atoms with Crippen LogP contribution in [0.1, 0.15) is 91.7 Å².